The van der Waals surface area contributed by atoms with Crippen molar-refractivity contribution < 1.29 is 28.6 Å². The predicted molar refractivity (Wildman–Crippen MR) is 320 cm³/mol. The van der Waals surface area contributed by atoms with Crippen LogP contribution in [0.5, 0.6) is 0 Å². The minimum Gasteiger partial charge on any atom is -0.462 e. The van der Waals surface area contributed by atoms with Gasteiger partial charge in [-0.3, -0.25) is 14.4 Å². The lowest BCUT2D eigenvalue weighted by molar-refractivity contribution is -0.167. The second-order valence-corrected chi connectivity index (χ2v) is 20.6. The molecule has 0 aliphatic carbocycles. The Bertz CT molecular complexity index is 1460. The van der Waals surface area contributed by atoms with Gasteiger partial charge in [-0.15, -0.1) is 0 Å². The Kier molecular flexibility index (Phi) is 58.8. The van der Waals surface area contributed by atoms with Gasteiger partial charge >= 0.3 is 17.9 Å². The van der Waals surface area contributed by atoms with Crippen LogP contribution in [0.2, 0.25) is 0 Å². The third kappa shape index (κ3) is 59.2. The Hall–Kier alpha value is -3.67. The van der Waals surface area contributed by atoms with Crippen LogP contribution in [0.25, 0.3) is 0 Å². The van der Waals surface area contributed by atoms with Crippen molar-refractivity contribution in [3.05, 3.63) is 97.2 Å². The molecule has 0 saturated carbocycles. The number of esters is 3. The molecule has 0 amide bonds. The van der Waals surface area contributed by atoms with Gasteiger partial charge < -0.3 is 14.2 Å². The van der Waals surface area contributed by atoms with Crippen LogP contribution >= 0.6 is 0 Å². The maximum Gasteiger partial charge on any atom is 0.306 e. The van der Waals surface area contributed by atoms with Gasteiger partial charge in [0, 0.05) is 19.3 Å². The third-order valence-corrected chi connectivity index (χ3v) is 13.4. The average molecular weight is 1030 g/mol. The molecule has 0 fully saturated rings. The summed E-state index contributed by atoms with van der Waals surface area (Å²) in [5.41, 5.74) is 0. The molecule has 0 saturated heterocycles. The van der Waals surface area contributed by atoms with Gasteiger partial charge in [0.25, 0.3) is 0 Å². The van der Waals surface area contributed by atoms with E-state index in [9.17, 15) is 14.4 Å². The molecule has 0 aromatic rings. The van der Waals surface area contributed by atoms with Crippen LogP contribution < -0.4 is 0 Å². The smallest absolute Gasteiger partial charge is 0.306 e. The van der Waals surface area contributed by atoms with E-state index in [0.717, 1.165) is 128 Å². The highest BCUT2D eigenvalue weighted by Gasteiger charge is 2.19. The van der Waals surface area contributed by atoms with Crippen LogP contribution in [-0.4, -0.2) is 37.2 Å². The number of hydrogen-bond acceptors (Lipinski definition) is 6. The van der Waals surface area contributed by atoms with Crippen molar-refractivity contribution in [3.8, 4) is 0 Å². The Morgan fingerprint density at radius 2 is 0.527 bits per heavy atom. The molecule has 0 radical (unpaired) electrons. The van der Waals surface area contributed by atoms with E-state index in [-0.39, 0.29) is 31.1 Å². The van der Waals surface area contributed by atoms with Crippen LogP contribution in [0.1, 0.15) is 297 Å². The first-order chi connectivity index (χ1) is 36.5. The van der Waals surface area contributed by atoms with Gasteiger partial charge in [0.05, 0.1) is 0 Å². The molecule has 424 valence electrons. The predicted octanol–water partition coefficient (Wildman–Crippen LogP) is 21.3. The minimum absolute atomic E-state index is 0.0803. The first-order valence-electron chi connectivity index (χ1n) is 31.2. The SMILES string of the molecule is CC/C=C\C/C=C\C/C=C\C/C=C\C/C=C\C/C=C\C/C=C\C/C=C\CCCCCCCCC(=O)OCC(COC(=O)CCCCCCC)OC(=O)CCCCCCCCCCCCCCCCCCCCCC. The molecule has 0 aromatic heterocycles. The zero-order valence-electron chi connectivity index (χ0n) is 48.6. The number of carbonyl (C=O) groups excluding carboxylic acids is 3. The molecule has 0 heterocycles. The van der Waals surface area contributed by atoms with E-state index in [0.29, 0.717) is 19.3 Å². The number of allylic oxidation sites excluding steroid dienone is 16. The molecule has 74 heavy (non-hydrogen) atoms. The summed E-state index contributed by atoms with van der Waals surface area (Å²) < 4.78 is 16.7. The molecule has 0 N–H and O–H groups in total. The van der Waals surface area contributed by atoms with Crippen LogP contribution in [0.15, 0.2) is 97.2 Å². The number of carbonyl (C=O) groups is 3. The average Bonchev–Trinajstić information content (AvgIpc) is 3.40. The molecular formula is C68H116O6. The van der Waals surface area contributed by atoms with E-state index in [1.54, 1.807) is 0 Å². The summed E-state index contributed by atoms with van der Waals surface area (Å²) >= 11 is 0. The lowest BCUT2D eigenvalue weighted by atomic mass is 10.0. The highest BCUT2D eigenvalue weighted by Crippen LogP contribution is 2.16. The van der Waals surface area contributed by atoms with Gasteiger partial charge in [-0.05, 0) is 83.5 Å². The molecule has 1 unspecified atom stereocenters. The molecule has 0 aliphatic rings. The van der Waals surface area contributed by atoms with Crippen molar-refractivity contribution in [2.75, 3.05) is 13.2 Å². The van der Waals surface area contributed by atoms with Crippen molar-refractivity contribution in [1.82, 2.24) is 0 Å². The summed E-state index contributed by atoms with van der Waals surface area (Å²) in [5.74, 6) is -0.900. The molecule has 6 heteroatoms. The molecule has 0 spiro atoms. The summed E-state index contributed by atoms with van der Waals surface area (Å²) in [7, 11) is 0. The maximum absolute atomic E-state index is 12.8. The van der Waals surface area contributed by atoms with Gasteiger partial charge in [-0.2, -0.15) is 0 Å². The van der Waals surface area contributed by atoms with Crippen molar-refractivity contribution in [1.29, 1.82) is 0 Å². The van der Waals surface area contributed by atoms with Gasteiger partial charge in [0.15, 0.2) is 6.10 Å². The second-order valence-electron chi connectivity index (χ2n) is 20.6. The van der Waals surface area contributed by atoms with Crippen LogP contribution in [-0.2, 0) is 28.6 Å². The van der Waals surface area contributed by atoms with E-state index in [1.807, 2.05) is 0 Å². The molecule has 0 aromatic carbocycles. The summed E-state index contributed by atoms with van der Waals surface area (Å²) in [6.45, 7) is 6.45. The van der Waals surface area contributed by atoms with E-state index in [1.165, 1.54) is 128 Å². The Labute approximate surface area is 457 Å². The van der Waals surface area contributed by atoms with Gasteiger partial charge in [0.2, 0.25) is 0 Å². The van der Waals surface area contributed by atoms with Crippen LogP contribution in [0.4, 0.5) is 0 Å². The normalized spacial score (nSPS) is 12.7. The van der Waals surface area contributed by atoms with E-state index in [2.05, 4.69) is 118 Å². The molecular weight excluding hydrogens is 913 g/mol. The first-order valence-corrected chi connectivity index (χ1v) is 31.2. The van der Waals surface area contributed by atoms with E-state index in [4.69, 9.17) is 14.2 Å². The lowest BCUT2D eigenvalue weighted by Gasteiger charge is -2.18. The quantitative estimate of drug-likeness (QED) is 0.0261. The second kappa shape index (κ2) is 61.9. The number of unbranched alkanes of at least 4 members (excludes halogenated alkanes) is 29. The van der Waals surface area contributed by atoms with Crippen molar-refractivity contribution in [2.24, 2.45) is 0 Å². The Balaban J connectivity index is 4.09. The monoisotopic (exact) mass is 1030 g/mol. The summed E-state index contributed by atoms with van der Waals surface area (Å²) in [6, 6.07) is 0. The summed E-state index contributed by atoms with van der Waals surface area (Å²) in [5, 5.41) is 0. The molecule has 6 nitrogen and oxygen atoms in total. The first kappa shape index (κ1) is 70.3. The van der Waals surface area contributed by atoms with Crippen molar-refractivity contribution >= 4 is 17.9 Å². The largest absolute Gasteiger partial charge is 0.462 e. The van der Waals surface area contributed by atoms with Crippen molar-refractivity contribution in [2.45, 2.75) is 303 Å². The molecule has 0 bridgehead atoms. The topological polar surface area (TPSA) is 78.9 Å². The molecule has 1 atom stereocenters. The zero-order valence-corrected chi connectivity index (χ0v) is 48.6. The highest BCUT2D eigenvalue weighted by molar-refractivity contribution is 5.71. The fourth-order valence-electron chi connectivity index (χ4n) is 8.69. The minimum atomic E-state index is -0.779. The maximum atomic E-state index is 12.8. The van der Waals surface area contributed by atoms with Crippen LogP contribution in [0, 0.1) is 0 Å². The Morgan fingerprint density at radius 1 is 0.284 bits per heavy atom. The van der Waals surface area contributed by atoms with Gasteiger partial charge in [0.1, 0.15) is 13.2 Å². The Morgan fingerprint density at radius 3 is 0.824 bits per heavy atom. The zero-order chi connectivity index (χ0) is 53.6. The summed E-state index contributed by atoms with van der Waals surface area (Å²) in [4.78, 5) is 37.9. The fourth-order valence-corrected chi connectivity index (χ4v) is 8.69. The van der Waals surface area contributed by atoms with Gasteiger partial charge in [-0.25, -0.2) is 0 Å². The van der Waals surface area contributed by atoms with Crippen molar-refractivity contribution in [3.63, 3.8) is 0 Å². The molecule has 0 rings (SSSR count). The van der Waals surface area contributed by atoms with E-state index < -0.39 is 6.10 Å². The van der Waals surface area contributed by atoms with Gasteiger partial charge in [-0.1, -0.05) is 291 Å². The number of rotatable bonds is 56. The standard InChI is InChI=1S/C68H116O6/c1-4-7-10-13-15-17-19-21-23-25-27-29-30-31-32-33-34-35-36-37-38-39-41-42-44-46-48-50-52-55-58-61-67(70)73-64-65(63-72-66(69)60-57-54-12-9-6-3)74-68(71)62-59-56-53-51-49-47-45-43-40-28-26-24-22-20-18-16-14-11-8-5-2/h7,10,15,17,21,23,27,29,31-32,34-35,37-38,41-42,65H,4-6,8-9,11-14,16,18-20,22,24-26,28,30,33,36,39-40,43-64H2,1-3H3/b10-7-,17-15-,23-21-,29-27-,32-31-,35-34-,38-37-,42-41-. The third-order valence-electron chi connectivity index (χ3n) is 13.4. The van der Waals surface area contributed by atoms with Crippen LogP contribution in [0.3, 0.4) is 0 Å². The highest BCUT2D eigenvalue weighted by atomic mass is 16.6. The number of hydrogen-bond donors (Lipinski definition) is 0. The fraction of sp³-hybridized carbons (Fsp3) is 0.721. The summed E-state index contributed by atoms with van der Waals surface area (Å²) in [6.07, 6.45) is 83.1. The van der Waals surface area contributed by atoms with E-state index >= 15 is 0 Å². The number of ether oxygens (including phenoxy) is 3. The molecule has 0 aliphatic heterocycles. The lowest BCUT2D eigenvalue weighted by Crippen LogP contribution is -2.30.